The van der Waals surface area contributed by atoms with Crippen LogP contribution in [0.25, 0.3) is 88.1 Å². The first kappa shape index (κ1) is 82.6. The molecule has 129 heavy (non-hydrogen) atoms. The van der Waals surface area contributed by atoms with Gasteiger partial charge < -0.3 is 0 Å². The summed E-state index contributed by atoms with van der Waals surface area (Å²) in [6.45, 7) is 41.5. The maximum absolute atomic E-state index is 9.09. The normalized spacial score (nSPS) is 17.3. The highest BCUT2D eigenvalue weighted by Crippen LogP contribution is 2.56. The van der Waals surface area contributed by atoms with Gasteiger partial charge in [-0.15, -0.1) is 0 Å². The monoisotopic (exact) mass is 1760 g/mol. The molecule has 0 amide bonds. The average molecular weight is 1760 g/mol. The van der Waals surface area contributed by atoms with Crippen molar-refractivity contribution < 1.29 is 23.8 Å². The van der Waals surface area contributed by atoms with Crippen molar-refractivity contribution in [2.75, 3.05) is 0 Å². The standard InChI is InChI=1S/C32H36NSi.C31H34NSi.2C29H32NSi/c1-21-17-30-23-11-13-24(14-12-23)31(30)20-29(21)32-28-16-15-27(19-25(28)18-22(2)33(32)3)34(4,5)26-9-7-6-8-10-26;1-20-15-29-22-11-12-23(17-22)30(29)19-28(20)31-27-14-13-26(18-24(27)16-21(2)32(31)3)33(4,5)25-9-7-6-8-10-25;1-19-12-11-15-24-26(19)28-27-21(16-20(2)30(28)5)17-23(18-25(27)29(24,3)4)31(6,7)22-13-9-8-10-14-22;1-20-16-22-10-9-11-23(22)19-28(20)29-27-15-14-26(18-24(27)17-21(2)30(29)3)31(4,5)25-12-7-6-8-13-25/h6-10,15-20,23-24H,11-14H2,1-5H3;6-10,13-16,18-19,22-23H,11-12,17H2,1-5H3;8-18H,1-7H3;6-8,12-19H,9-11H2,1-5H3/q4*+1/i18D;2*16D;17D. The molecule has 0 N–H and O–H groups in total. The zero-order chi connectivity index (χ0) is 93.9. The van der Waals surface area contributed by atoms with E-state index in [2.05, 4.69) is 411 Å². The second-order valence-electron chi connectivity index (χ2n) is 41.9. The van der Waals surface area contributed by atoms with Gasteiger partial charge in [-0.05, 0) is 240 Å². The highest BCUT2D eigenvalue weighted by molar-refractivity contribution is 7.02. The number of aromatic nitrogens is 4. The summed E-state index contributed by atoms with van der Waals surface area (Å²) in [7, 11) is 1.06. The highest BCUT2D eigenvalue weighted by Gasteiger charge is 2.43. The summed E-state index contributed by atoms with van der Waals surface area (Å²) in [4.78, 5) is 0. The van der Waals surface area contributed by atoms with E-state index in [0.29, 0.717) is 24.2 Å². The molecule has 4 heterocycles. The SMILES string of the molecule is [2H]c1c(C)[n+](C)c(-c2cc3c(cc2C)C2CCC3C2)c2ccc([Si](C)(C)c3ccccc3)cc12.[2H]c1c(C)[n+](C)c(-c2cc3c(cc2C)C2CCC3CC2)c2ccc([Si](C)(C)c3ccccc3)cc12.[2H]c1c(C)[n+](C)c(-c2cc3c(cc2C)CCC3)c2ccc([Si](C)(C)c3ccccc3)cc12.[2H]c1c(C)[n+](C)c2c3c(cc([Si](C)(C)c4ccccc4)cc13)C(C)(C)c1cccc(C)c1-2. The number of hydrogen-bond acceptors (Lipinski definition) is 0. The van der Waals surface area contributed by atoms with Crippen molar-refractivity contribution in [2.24, 2.45) is 28.2 Å². The van der Waals surface area contributed by atoms with Gasteiger partial charge in [0.2, 0.25) is 22.8 Å². The lowest BCUT2D eigenvalue weighted by Crippen LogP contribution is -2.53. The molecular weight excluding hydrogens is 1620 g/mol. The lowest BCUT2D eigenvalue weighted by Gasteiger charge is -2.38. The molecule has 2 saturated carbocycles. The molecule has 4 bridgehead atoms. The van der Waals surface area contributed by atoms with Crippen LogP contribution >= 0.6 is 0 Å². The largest absolute Gasteiger partial charge is 0.221 e. The molecule has 2 unspecified atom stereocenters. The molecule has 7 aliphatic carbocycles. The molecule has 0 saturated heterocycles. The minimum atomic E-state index is -1.92. The fraction of sp³-hybridized carbons (Fsp3) is 0.306. The van der Waals surface area contributed by atoms with E-state index in [1.165, 1.54) is 217 Å². The van der Waals surface area contributed by atoms with Gasteiger partial charge in [-0.25, -0.2) is 0 Å². The highest BCUT2D eigenvalue weighted by atomic mass is 28.3. The number of fused-ring (bicyclic) bond motifs is 13. The third-order valence-corrected chi connectivity index (χ3v) is 46.6. The second kappa shape index (κ2) is 33.5. The van der Waals surface area contributed by atoms with Crippen LogP contribution in [0.2, 0.25) is 52.4 Å². The predicted molar refractivity (Wildman–Crippen MR) is 560 cm³/mol. The van der Waals surface area contributed by atoms with E-state index in [9.17, 15) is 0 Å². The van der Waals surface area contributed by atoms with Crippen LogP contribution in [0.5, 0.6) is 0 Å². The van der Waals surface area contributed by atoms with E-state index in [0.717, 1.165) is 68.0 Å². The van der Waals surface area contributed by atoms with Gasteiger partial charge in [0.05, 0.1) is 49.3 Å². The Bertz CT molecular complexity index is 7430. The summed E-state index contributed by atoms with van der Waals surface area (Å²) in [5.74, 6) is 3.02. The fourth-order valence-corrected chi connectivity index (χ4v) is 33.2. The Balaban J connectivity index is 0.000000114. The summed E-state index contributed by atoms with van der Waals surface area (Å²) in [5, 5.41) is 20.5. The molecule has 8 heteroatoms. The number of nitrogens with zero attached hydrogens (tertiary/aromatic N) is 4. The summed E-state index contributed by atoms with van der Waals surface area (Å²) in [5.41, 5.74) is 31.9. The van der Waals surface area contributed by atoms with Crippen molar-refractivity contribution in [3.05, 3.63) is 356 Å². The summed E-state index contributed by atoms with van der Waals surface area (Å²) in [6, 6.07) is 93.5. The molecule has 4 aromatic heterocycles. The molecule has 2 atom stereocenters. The number of benzene rings is 12. The van der Waals surface area contributed by atoms with Gasteiger partial charge in [-0.1, -0.05) is 314 Å². The molecule has 0 radical (unpaired) electrons. The topological polar surface area (TPSA) is 15.5 Å². The molecule has 7 aliphatic rings. The summed E-state index contributed by atoms with van der Waals surface area (Å²) in [6.07, 6.45) is 13.1. The van der Waals surface area contributed by atoms with Crippen molar-refractivity contribution in [3.63, 3.8) is 0 Å². The van der Waals surface area contributed by atoms with Gasteiger partial charge in [0, 0.05) is 57.3 Å². The van der Waals surface area contributed by atoms with Gasteiger partial charge in [0.15, 0.2) is 22.8 Å². The molecule has 4 nitrogen and oxygen atoms in total. The van der Waals surface area contributed by atoms with E-state index in [-0.39, 0.29) is 5.41 Å². The fourth-order valence-electron chi connectivity index (χ4n) is 23.8. The van der Waals surface area contributed by atoms with Gasteiger partial charge in [-0.2, -0.15) is 18.3 Å². The van der Waals surface area contributed by atoms with E-state index in [1.54, 1.807) is 22.3 Å². The van der Waals surface area contributed by atoms with E-state index >= 15 is 0 Å². The van der Waals surface area contributed by atoms with Gasteiger partial charge in [0.1, 0.15) is 60.5 Å². The van der Waals surface area contributed by atoms with Crippen LogP contribution in [-0.2, 0) is 46.4 Å². The van der Waals surface area contributed by atoms with Gasteiger partial charge >= 0.3 is 0 Å². The van der Waals surface area contributed by atoms with Crippen LogP contribution in [0, 0.1) is 55.4 Å². The number of pyridine rings is 4. The molecule has 23 rings (SSSR count). The quantitative estimate of drug-likeness (QED) is 0.0906. The van der Waals surface area contributed by atoms with Crippen molar-refractivity contribution in [1.29, 1.82) is 0 Å². The van der Waals surface area contributed by atoms with Crippen molar-refractivity contribution in [3.8, 4) is 45.0 Å². The van der Waals surface area contributed by atoms with Crippen LogP contribution in [0.1, 0.15) is 184 Å². The van der Waals surface area contributed by atoms with Crippen LogP contribution in [0.15, 0.2) is 267 Å². The summed E-state index contributed by atoms with van der Waals surface area (Å²) >= 11 is 0. The molecule has 650 valence electrons. The maximum atomic E-state index is 9.09. The van der Waals surface area contributed by atoms with Gasteiger partial charge in [0.25, 0.3) is 0 Å². The van der Waals surface area contributed by atoms with Crippen LogP contribution < -0.4 is 59.8 Å². The molecule has 2 fully saturated rings. The average Bonchev–Trinajstić information content (AvgIpc) is 1.33. The van der Waals surface area contributed by atoms with Crippen LogP contribution in [0.4, 0.5) is 0 Å². The van der Waals surface area contributed by atoms with Crippen molar-refractivity contribution in [1.82, 2.24) is 0 Å². The lowest BCUT2D eigenvalue weighted by molar-refractivity contribution is -0.665. The lowest BCUT2D eigenvalue weighted by atomic mass is 9.66. The Morgan fingerprint density at radius 1 is 0.295 bits per heavy atom. The Kier molecular flexibility index (Phi) is 21.4. The van der Waals surface area contributed by atoms with Crippen molar-refractivity contribution >= 4 is 117 Å². The molecule has 0 aliphatic heterocycles. The minimum absolute atomic E-state index is 0.127. The van der Waals surface area contributed by atoms with Crippen LogP contribution in [-0.4, -0.2) is 32.3 Å². The Morgan fingerprint density at radius 3 is 1.03 bits per heavy atom. The second-order valence-corrected chi connectivity index (χ2v) is 59.5. The zero-order valence-electron chi connectivity index (χ0n) is 84.8. The number of hydrogen-bond donors (Lipinski definition) is 0. The van der Waals surface area contributed by atoms with Crippen LogP contribution in [0.3, 0.4) is 0 Å². The Morgan fingerprint density at radius 2 is 0.620 bits per heavy atom. The van der Waals surface area contributed by atoms with Gasteiger partial charge in [-0.3, -0.25) is 0 Å². The van der Waals surface area contributed by atoms with Crippen molar-refractivity contribution in [2.45, 2.75) is 215 Å². The zero-order valence-corrected chi connectivity index (χ0v) is 84.8. The molecular formula is C121H134N4Si4+4. The number of rotatable bonds is 11. The van der Waals surface area contributed by atoms with E-state index in [1.807, 2.05) is 0 Å². The predicted octanol–water partition coefficient (Wildman–Crippen LogP) is 23.3. The third-order valence-electron chi connectivity index (χ3n) is 32.5. The van der Waals surface area contributed by atoms with E-state index in [4.69, 9.17) is 5.48 Å². The number of aryl methyl sites for hydroxylation is 6. The molecule has 0 spiro atoms. The Hall–Kier alpha value is -10.9. The smallest absolute Gasteiger partial charge is 0.198 e. The Labute approximate surface area is 779 Å². The first-order chi connectivity index (χ1) is 63.4. The van der Waals surface area contributed by atoms with E-state index < -0.39 is 32.3 Å². The molecule has 16 aromatic rings. The first-order valence-electron chi connectivity index (χ1n) is 49.9. The minimum Gasteiger partial charge on any atom is -0.198 e. The molecule has 12 aromatic carbocycles. The summed E-state index contributed by atoms with van der Waals surface area (Å²) < 4.78 is 45.1. The third kappa shape index (κ3) is 15.2. The maximum Gasteiger partial charge on any atom is 0.221 e. The first-order valence-corrected chi connectivity index (χ1v) is 59.9.